The number of aliphatic hydroxyl groups is 1. The van der Waals surface area contributed by atoms with E-state index in [9.17, 15) is 9.90 Å². The van der Waals surface area contributed by atoms with E-state index in [1.54, 1.807) is 5.57 Å². The summed E-state index contributed by atoms with van der Waals surface area (Å²) >= 11 is 3.19. The van der Waals surface area contributed by atoms with Gasteiger partial charge in [0.25, 0.3) is 0 Å². The van der Waals surface area contributed by atoms with Crippen LogP contribution in [-0.4, -0.2) is 28.1 Å². The molecule has 0 radical (unpaired) electrons. The summed E-state index contributed by atoms with van der Waals surface area (Å²) in [7, 11) is 0. The highest BCUT2D eigenvalue weighted by molar-refractivity contribution is 9.09. The maximum atomic E-state index is 11.7. The Morgan fingerprint density at radius 3 is 2.76 bits per heavy atom. The van der Waals surface area contributed by atoms with Crippen molar-refractivity contribution in [3.8, 4) is 0 Å². The number of hydrogen-bond acceptors (Lipinski definition) is 3. The molecule has 0 aromatic carbocycles. The number of allylic oxidation sites excluding steroid dienone is 4. The number of fused-ring (bicyclic) bond motifs is 1. The van der Waals surface area contributed by atoms with Gasteiger partial charge in [0, 0.05) is 6.42 Å². The van der Waals surface area contributed by atoms with E-state index in [-0.39, 0.29) is 17.4 Å². The molecule has 3 nitrogen and oxygen atoms in total. The van der Waals surface area contributed by atoms with Crippen molar-refractivity contribution in [2.45, 2.75) is 110 Å². The third-order valence-electron chi connectivity index (χ3n) is 8.75. The number of esters is 1. The summed E-state index contributed by atoms with van der Waals surface area (Å²) in [6, 6.07) is 0. The highest BCUT2D eigenvalue weighted by Gasteiger charge is 2.50. The number of hydrogen-bond donors (Lipinski definition) is 1. The predicted octanol–water partition coefficient (Wildman–Crippen LogP) is 7.68. The molecular weight excluding hydrogens is 476 g/mol. The van der Waals surface area contributed by atoms with E-state index in [1.165, 1.54) is 49.7 Å². The van der Waals surface area contributed by atoms with Crippen LogP contribution in [-0.2, 0) is 9.53 Å². The first-order valence-corrected chi connectivity index (χ1v) is 14.2. The first kappa shape index (κ1) is 26.7. The summed E-state index contributed by atoms with van der Waals surface area (Å²) in [5.41, 5.74) is 3.91. The lowest BCUT2D eigenvalue weighted by atomic mass is 9.60. The highest BCUT2D eigenvalue weighted by atomic mass is 79.9. The molecule has 4 heteroatoms. The van der Waals surface area contributed by atoms with Crippen LogP contribution < -0.4 is 0 Å². The molecule has 0 amide bonds. The smallest absolute Gasteiger partial charge is 0.316 e. The quantitative estimate of drug-likeness (QED) is 0.263. The van der Waals surface area contributed by atoms with Crippen molar-refractivity contribution < 1.29 is 14.6 Å². The Hall–Kier alpha value is -0.870. The lowest BCUT2D eigenvalue weighted by Gasteiger charge is -2.44. The molecule has 0 aliphatic heterocycles. The van der Waals surface area contributed by atoms with E-state index in [0.717, 1.165) is 38.0 Å². The average Bonchev–Trinajstić information content (AvgIpc) is 3.10. The summed E-state index contributed by atoms with van der Waals surface area (Å²) in [6.07, 6.45) is 16.9. The number of carbonyl (C=O) groups excluding carboxylic acids is 1. The molecule has 0 aromatic heterocycles. The minimum absolute atomic E-state index is 0.0255. The van der Waals surface area contributed by atoms with Crippen molar-refractivity contribution in [3.63, 3.8) is 0 Å². The second kappa shape index (κ2) is 11.2. The Labute approximate surface area is 210 Å². The number of ether oxygens (including phenoxy) is 1. The number of carbonyl (C=O) groups is 1. The third kappa shape index (κ3) is 6.84. The summed E-state index contributed by atoms with van der Waals surface area (Å²) in [5, 5.41) is 10.3. The van der Waals surface area contributed by atoms with Gasteiger partial charge in [0.1, 0.15) is 11.4 Å². The van der Waals surface area contributed by atoms with Crippen LogP contribution in [0.25, 0.3) is 0 Å². The SMILES string of the molecule is C=C1CC[C@H](OC(=O)CBr)C/C1=C\C=C1/CCC[C@]2(C)[C@@H]([C@H](C)CCCC(C)(C)O)CC[C@@H]12. The zero-order chi connectivity index (χ0) is 24.2. The molecular formula is C29H45BrO3. The molecule has 0 spiro atoms. The third-order valence-corrected chi connectivity index (χ3v) is 9.21. The monoisotopic (exact) mass is 520 g/mol. The van der Waals surface area contributed by atoms with Gasteiger partial charge in [-0.3, -0.25) is 4.79 Å². The Balaban J connectivity index is 1.67. The molecule has 0 bridgehead atoms. The molecule has 3 aliphatic rings. The van der Waals surface area contributed by atoms with Gasteiger partial charge in [0.05, 0.1) is 5.60 Å². The van der Waals surface area contributed by atoms with Crippen LogP contribution in [0.2, 0.25) is 0 Å². The maximum Gasteiger partial charge on any atom is 0.316 e. The van der Waals surface area contributed by atoms with Gasteiger partial charge in [-0.2, -0.15) is 0 Å². The molecule has 33 heavy (non-hydrogen) atoms. The molecule has 0 aromatic rings. The van der Waals surface area contributed by atoms with Crippen molar-refractivity contribution in [2.75, 3.05) is 5.33 Å². The molecule has 0 heterocycles. The number of alkyl halides is 1. The maximum absolute atomic E-state index is 11.7. The van der Waals surface area contributed by atoms with E-state index >= 15 is 0 Å². The molecule has 1 N–H and O–H groups in total. The summed E-state index contributed by atoms with van der Waals surface area (Å²) < 4.78 is 5.59. The van der Waals surface area contributed by atoms with Gasteiger partial charge in [-0.25, -0.2) is 0 Å². The zero-order valence-electron chi connectivity index (χ0n) is 21.3. The van der Waals surface area contributed by atoms with E-state index in [4.69, 9.17) is 4.74 Å². The van der Waals surface area contributed by atoms with Gasteiger partial charge < -0.3 is 9.84 Å². The fourth-order valence-electron chi connectivity index (χ4n) is 6.97. The predicted molar refractivity (Wildman–Crippen MR) is 140 cm³/mol. The van der Waals surface area contributed by atoms with Gasteiger partial charge in [-0.1, -0.05) is 72.5 Å². The first-order chi connectivity index (χ1) is 15.5. The molecule has 3 fully saturated rings. The van der Waals surface area contributed by atoms with Crippen molar-refractivity contribution in [1.82, 2.24) is 0 Å². The van der Waals surface area contributed by atoms with Gasteiger partial charge in [0.2, 0.25) is 0 Å². The van der Waals surface area contributed by atoms with Crippen LogP contribution in [0.15, 0.2) is 35.5 Å². The van der Waals surface area contributed by atoms with E-state index < -0.39 is 5.60 Å². The fourth-order valence-corrected chi connectivity index (χ4v) is 7.10. The Morgan fingerprint density at radius 1 is 1.30 bits per heavy atom. The van der Waals surface area contributed by atoms with Crippen molar-refractivity contribution in [3.05, 3.63) is 35.5 Å². The lowest BCUT2D eigenvalue weighted by molar-refractivity contribution is -0.146. The normalized spacial score (nSPS) is 33.9. The molecule has 3 saturated carbocycles. The summed E-state index contributed by atoms with van der Waals surface area (Å²) in [4.78, 5) is 11.7. The first-order valence-electron chi connectivity index (χ1n) is 13.1. The van der Waals surface area contributed by atoms with Crippen LogP contribution in [0.5, 0.6) is 0 Å². The number of rotatable bonds is 8. The van der Waals surface area contributed by atoms with Crippen LogP contribution in [0.3, 0.4) is 0 Å². The van der Waals surface area contributed by atoms with Gasteiger partial charge >= 0.3 is 5.97 Å². The van der Waals surface area contributed by atoms with Crippen LogP contribution in [0, 0.1) is 23.2 Å². The average molecular weight is 522 g/mol. The van der Waals surface area contributed by atoms with Crippen molar-refractivity contribution >= 4 is 21.9 Å². The molecule has 5 atom stereocenters. The second-order valence-electron chi connectivity index (χ2n) is 11.8. The molecule has 0 saturated heterocycles. The van der Waals surface area contributed by atoms with Crippen LogP contribution in [0.1, 0.15) is 98.3 Å². The van der Waals surface area contributed by atoms with Crippen molar-refractivity contribution in [2.24, 2.45) is 23.2 Å². The Kier molecular flexibility index (Phi) is 9.11. The summed E-state index contributed by atoms with van der Waals surface area (Å²) in [5.74, 6) is 1.99. The number of halogens is 1. The zero-order valence-corrected chi connectivity index (χ0v) is 22.9. The molecule has 0 unspecified atom stereocenters. The fraction of sp³-hybridized carbons (Fsp3) is 0.759. The van der Waals surface area contributed by atoms with Crippen LogP contribution >= 0.6 is 15.9 Å². The lowest BCUT2D eigenvalue weighted by Crippen LogP contribution is -2.36. The molecule has 3 rings (SSSR count). The molecule has 186 valence electrons. The van der Waals surface area contributed by atoms with E-state index in [2.05, 4.69) is 48.5 Å². The summed E-state index contributed by atoms with van der Waals surface area (Å²) in [6.45, 7) is 13.1. The van der Waals surface area contributed by atoms with Gasteiger partial charge in [-0.15, -0.1) is 0 Å². The Morgan fingerprint density at radius 2 is 2.06 bits per heavy atom. The van der Waals surface area contributed by atoms with Crippen molar-refractivity contribution in [1.29, 1.82) is 0 Å². The Bertz CT molecular complexity index is 774. The van der Waals surface area contributed by atoms with Crippen LogP contribution in [0.4, 0.5) is 0 Å². The standard InChI is InChI=1S/C29H45BrO3/c1-20-10-13-24(33-27(31)19-30)18-23(20)12-11-22-9-7-17-29(5)25(14-15-26(22)29)21(2)8-6-16-28(3,4)32/h11-12,21,24-26,32H,1,6-10,13-19H2,2-5H3/b22-11+,23-12+/t21-,24+,25-,26+,29-/m1/s1. The highest BCUT2D eigenvalue weighted by Crippen LogP contribution is 2.60. The topological polar surface area (TPSA) is 46.5 Å². The minimum atomic E-state index is -0.551. The van der Waals surface area contributed by atoms with E-state index in [1.807, 2.05) is 13.8 Å². The van der Waals surface area contributed by atoms with E-state index in [0.29, 0.717) is 17.3 Å². The van der Waals surface area contributed by atoms with Gasteiger partial charge in [-0.05, 0) is 94.0 Å². The van der Waals surface area contributed by atoms with Gasteiger partial charge in [0.15, 0.2) is 0 Å². The largest absolute Gasteiger partial charge is 0.461 e. The molecule has 3 aliphatic carbocycles. The minimum Gasteiger partial charge on any atom is -0.461 e. The second-order valence-corrected chi connectivity index (χ2v) is 12.4.